The molecule has 1 aliphatic carbocycles. The Morgan fingerprint density at radius 3 is 2.88 bits per heavy atom. The van der Waals surface area contributed by atoms with Gasteiger partial charge in [0.2, 0.25) is 5.88 Å². The van der Waals surface area contributed by atoms with E-state index < -0.39 is 0 Å². The van der Waals surface area contributed by atoms with E-state index in [0.29, 0.717) is 19.0 Å². The van der Waals surface area contributed by atoms with Crippen LogP contribution in [-0.4, -0.2) is 41.1 Å². The van der Waals surface area contributed by atoms with Gasteiger partial charge < -0.3 is 15.4 Å². The zero-order valence-corrected chi connectivity index (χ0v) is 9.59. The maximum absolute atomic E-state index is 5.58. The molecule has 0 atom stereocenters. The molecule has 1 fully saturated rings. The first kappa shape index (κ1) is 11.3. The Bertz CT molecular complexity index is 341. The number of aromatic nitrogens is 2. The minimum Gasteiger partial charge on any atom is -0.475 e. The van der Waals surface area contributed by atoms with Crippen molar-refractivity contribution in [3.63, 3.8) is 0 Å². The number of nitrogens with zero attached hydrogens (tertiary/aromatic N) is 3. The van der Waals surface area contributed by atoms with E-state index in [0.717, 1.165) is 18.3 Å². The number of rotatable bonds is 6. The van der Waals surface area contributed by atoms with Gasteiger partial charge in [0.25, 0.3) is 0 Å². The first-order valence-electron chi connectivity index (χ1n) is 5.64. The molecule has 0 saturated heterocycles. The Kier molecular flexibility index (Phi) is 3.69. The van der Waals surface area contributed by atoms with Crippen molar-refractivity contribution in [1.29, 1.82) is 0 Å². The highest BCUT2D eigenvalue weighted by Crippen LogP contribution is 2.24. The zero-order valence-electron chi connectivity index (χ0n) is 9.59. The average molecular weight is 222 g/mol. The van der Waals surface area contributed by atoms with Gasteiger partial charge in [-0.3, -0.25) is 4.98 Å². The molecule has 1 aromatic heterocycles. The Balaban J connectivity index is 1.79. The van der Waals surface area contributed by atoms with Crippen molar-refractivity contribution in [3.05, 3.63) is 18.1 Å². The molecule has 0 aromatic carbocycles. The fourth-order valence-corrected chi connectivity index (χ4v) is 1.60. The lowest BCUT2D eigenvalue weighted by Crippen LogP contribution is -2.26. The highest BCUT2D eigenvalue weighted by atomic mass is 16.5. The average Bonchev–Trinajstić information content (AvgIpc) is 3.13. The lowest BCUT2D eigenvalue weighted by Gasteiger charge is -2.15. The molecule has 0 aliphatic heterocycles. The second-order valence-corrected chi connectivity index (χ2v) is 4.07. The predicted octanol–water partition coefficient (Wildman–Crippen LogP) is 0.408. The lowest BCUT2D eigenvalue weighted by molar-refractivity contribution is 0.224. The van der Waals surface area contributed by atoms with Crippen LogP contribution in [0.4, 0.5) is 0 Å². The van der Waals surface area contributed by atoms with Gasteiger partial charge in [-0.1, -0.05) is 0 Å². The molecule has 5 heteroatoms. The molecule has 0 spiro atoms. The number of likely N-dealkylation sites (N-methyl/N-ethyl adjacent to an activating group) is 1. The van der Waals surface area contributed by atoms with Gasteiger partial charge in [0.15, 0.2) is 0 Å². The summed E-state index contributed by atoms with van der Waals surface area (Å²) in [6.45, 7) is 1.92. The number of nitrogens with two attached hydrogens (primary N) is 1. The molecule has 0 radical (unpaired) electrons. The van der Waals surface area contributed by atoms with Crippen LogP contribution in [0.3, 0.4) is 0 Å². The summed E-state index contributed by atoms with van der Waals surface area (Å²) in [7, 11) is 2.13. The molecule has 1 heterocycles. The largest absolute Gasteiger partial charge is 0.475 e. The maximum Gasteiger partial charge on any atom is 0.237 e. The van der Waals surface area contributed by atoms with Gasteiger partial charge in [0.1, 0.15) is 12.3 Å². The number of hydrogen-bond acceptors (Lipinski definition) is 5. The van der Waals surface area contributed by atoms with Crippen LogP contribution in [0.1, 0.15) is 18.5 Å². The fourth-order valence-electron chi connectivity index (χ4n) is 1.60. The molecule has 0 bridgehead atoms. The maximum atomic E-state index is 5.58. The summed E-state index contributed by atoms with van der Waals surface area (Å²) in [4.78, 5) is 10.6. The fraction of sp³-hybridized carbons (Fsp3) is 0.636. The van der Waals surface area contributed by atoms with E-state index in [1.165, 1.54) is 12.8 Å². The molecule has 5 nitrogen and oxygen atoms in total. The molecule has 1 aromatic rings. The van der Waals surface area contributed by atoms with Crippen molar-refractivity contribution >= 4 is 0 Å². The quantitative estimate of drug-likeness (QED) is 0.755. The summed E-state index contributed by atoms with van der Waals surface area (Å²) in [5, 5.41) is 0. The van der Waals surface area contributed by atoms with Crippen LogP contribution in [-0.2, 0) is 6.54 Å². The van der Waals surface area contributed by atoms with Gasteiger partial charge in [-0.15, -0.1) is 0 Å². The highest BCUT2D eigenvalue weighted by molar-refractivity contribution is 5.16. The van der Waals surface area contributed by atoms with Crippen LogP contribution < -0.4 is 10.5 Å². The van der Waals surface area contributed by atoms with Gasteiger partial charge >= 0.3 is 0 Å². The highest BCUT2D eigenvalue weighted by Gasteiger charge is 2.25. The van der Waals surface area contributed by atoms with E-state index in [2.05, 4.69) is 21.9 Å². The summed E-state index contributed by atoms with van der Waals surface area (Å²) in [5.41, 5.74) is 6.27. The molecule has 16 heavy (non-hydrogen) atoms. The van der Waals surface area contributed by atoms with E-state index in [-0.39, 0.29) is 0 Å². The first-order chi connectivity index (χ1) is 7.81. The SMILES string of the molecule is CN(CCOc1nccnc1CN)C1CC1. The van der Waals surface area contributed by atoms with E-state index in [1.807, 2.05) is 0 Å². The Hall–Kier alpha value is -1.20. The van der Waals surface area contributed by atoms with Gasteiger partial charge in [-0.2, -0.15) is 0 Å². The van der Waals surface area contributed by atoms with Crippen molar-refractivity contribution in [1.82, 2.24) is 14.9 Å². The van der Waals surface area contributed by atoms with Gasteiger partial charge in [0, 0.05) is 31.5 Å². The second-order valence-electron chi connectivity index (χ2n) is 4.07. The van der Waals surface area contributed by atoms with Crippen molar-refractivity contribution in [3.8, 4) is 5.88 Å². The minimum absolute atomic E-state index is 0.363. The van der Waals surface area contributed by atoms with E-state index in [1.54, 1.807) is 12.4 Å². The van der Waals surface area contributed by atoms with Crippen molar-refractivity contribution < 1.29 is 4.74 Å². The lowest BCUT2D eigenvalue weighted by atomic mass is 10.4. The molecule has 2 N–H and O–H groups in total. The van der Waals surface area contributed by atoms with E-state index >= 15 is 0 Å². The second kappa shape index (κ2) is 5.23. The van der Waals surface area contributed by atoms with Crippen LogP contribution in [0.5, 0.6) is 5.88 Å². The van der Waals surface area contributed by atoms with Gasteiger partial charge in [-0.25, -0.2) is 4.98 Å². The third-order valence-corrected chi connectivity index (χ3v) is 2.78. The van der Waals surface area contributed by atoms with Crippen LogP contribution in [0, 0.1) is 0 Å². The van der Waals surface area contributed by atoms with Crippen LogP contribution in [0.15, 0.2) is 12.4 Å². The molecule has 0 unspecified atom stereocenters. The third kappa shape index (κ3) is 2.90. The Morgan fingerprint density at radius 2 is 2.19 bits per heavy atom. The summed E-state index contributed by atoms with van der Waals surface area (Å²) < 4.78 is 5.58. The van der Waals surface area contributed by atoms with E-state index in [9.17, 15) is 0 Å². The minimum atomic E-state index is 0.363. The third-order valence-electron chi connectivity index (χ3n) is 2.78. The number of hydrogen-bond donors (Lipinski definition) is 1. The molecule has 1 saturated carbocycles. The van der Waals surface area contributed by atoms with Crippen molar-refractivity contribution in [2.75, 3.05) is 20.2 Å². The monoisotopic (exact) mass is 222 g/mol. The predicted molar refractivity (Wildman–Crippen MR) is 61.1 cm³/mol. The zero-order chi connectivity index (χ0) is 11.4. The molecule has 0 amide bonds. The number of ether oxygens (including phenoxy) is 1. The normalized spacial score (nSPS) is 15.4. The van der Waals surface area contributed by atoms with Crippen LogP contribution >= 0.6 is 0 Å². The molecular weight excluding hydrogens is 204 g/mol. The van der Waals surface area contributed by atoms with Gasteiger partial charge in [-0.05, 0) is 19.9 Å². The summed E-state index contributed by atoms with van der Waals surface area (Å²) >= 11 is 0. The smallest absolute Gasteiger partial charge is 0.237 e. The summed E-state index contributed by atoms with van der Waals surface area (Å²) in [5.74, 6) is 0.564. The Labute approximate surface area is 95.6 Å². The summed E-state index contributed by atoms with van der Waals surface area (Å²) in [6.07, 6.45) is 5.88. The van der Waals surface area contributed by atoms with E-state index in [4.69, 9.17) is 10.5 Å². The topological polar surface area (TPSA) is 64.3 Å². The van der Waals surface area contributed by atoms with Crippen LogP contribution in [0.2, 0.25) is 0 Å². The summed E-state index contributed by atoms with van der Waals surface area (Å²) in [6, 6.07) is 0.763. The molecule has 88 valence electrons. The molecular formula is C11H18N4O. The molecule has 1 aliphatic rings. The van der Waals surface area contributed by atoms with Gasteiger partial charge in [0.05, 0.1) is 0 Å². The first-order valence-corrected chi connectivity index (χ1v) is 5.64. The van der Waals surface area contributed by atoms with Crippen molar-refractivity contribution in [2.45, 2.75) is 25.4 Å². The standard InChI is InChI=1S/C11H18N4O/c1-15(9-2-3-9)6-7-16-11-10(8-12)13-4-5-14-11/h4-5,9H,2-3,6-8,12H2,1H3. The van der Waals surface area contributed by atoms with Crippen LogP contribution in [0.25, 0.3) is 0 Å². The van der Waals surface area contributed by atoms with Crippen molar-refractivity contribution in [2.24, 2.45) is 5.73 Å². The Morgan fingerprint density at radius 1 is 1.44 bits per heavy atom. The molecule has 2 rings (SSSR count).